The first-order valence-corrected chi connectivity index (χ1v) is 9.42. The largest absolute Gasteiger partial charge is 0.573 e. The van der Waals surface area contributed by atoms with Crippen molar-refractivity contribution in [3.63, 3.8) is 0 Å². The van der Waals surface area contributed by atoms with E-state index in [2.05, 4.69) is 20.5 Å². The number of ether oxygens (including phenoxy) is 2. The zero-order valence-corrected chi connectivity index (χ0v) is 16.6. The fourth-order valence-electron chi connectivity index (χ4n) is 3.43. The van der Waals surface area contributed by atoms with Gasteiger partial charge in [0.2, 0.25) is 11.8 Å². The van der Waals surface area contributed by atoms with E-state index < -0.39 is 30.0 Å². The van der Waals surface area contributed by atoms with E-state index in [1.54, 1.807) is 24.3 Å². The lowest BCUT2D eigenvalue weighted by molar-refractivity contribution is -0.274. The highest BCUT2D eigenvalue weighted by Crippen LogP contribution is 2.38. The number of carbonyl (C=O) groups is 2. The standard InChI is InChI=1S/C21H17F3N4O4/c1-31-17-8-3-2-7-14(17)15-11-25-28-16(10-18(29)27-19(15)28)20(30)26-12-5-4-6-13(9-12)32-21(22,23)24/h2-9,11,16H,10H2,1H3,(H,26,30)(H,27,29)/t16-/m1/s1. The third kappa shape index (κ3) is 4.36. The van der Waals surface area contributed by atoms with Crippen LogP contribution in [-0.2, 0) is 9.59 Å². The molecule has 8 nitrogen and oxygen atoms in total. The maximum atomic E-state index is 12.9. The number of hydrogen-bond donors (Lipinski definition) is 2. The number of amides is 2. The Morgan fingerprint density at radius 1 is 1.19 bits per heavy atom. The number of aromatic nitrogens is 2. The molecule has 0 saturated heterocycles. The summed E-state index contributed by atoms with van der Waals surface area (Å²) in [5, 5.41) is 9.51. The molecule has 2 N–H and O–H groups in total. The van der Waals surface area contributed by atoms with Crippen LogP contribution in [0.3, 0.4) is 0 Å². The van der Waals surface area contributed by atoms with E-state index in [9.17, 15) is 22.8 Å². The van der Waals surface area contributed by atoms with Gasteiger partial charge in [0.25, 0.3) is 0 Å². The number of rotatable bonds is 5. The normalized spacial score (nSPS) is 15.5. The molecule has 2 heterocycles. The monoisotopic (exact) mass is 446 g/mol. The zero-order valence-electron chi connectivity index (χ0n) is 16.6. The van der Waals surface area contributed by atoms with Crippen LogP contribution >= 0.6 is 0 Å². The van der Waals surface area contributed by atoms with Crippen molar-refractivity contribution in [3.05, 3.63) is 54.7 Å². The number of halogens is 3. The highest BCUT2D eigenvalue weighted by Gasteiger charge is 2.34. The molecule has 11 heteroatoms. The van der Waals surface area contributed by atoms with Crippen LogP contribution in [-0.4, -0.2) is 35.1 Å². The second kappa shape index (κ2) is 8.25. The maximum absolute atomic E-state index is 12.9. The van der Waals surface area contributed by atoms with E-state index in [1.165, 1.54) is 30.1 Å². The second-order valence-corrected chi connectivity index (χ2v) is 6.88. The summed E-state index contributed by atoms with van der Waals surface area (Å²) in [5.41, 5.74) is 1.32. The lowest BCUT2D eigenvalue weighted by Gasteiger charge is -2.25. The van der Waals surface area contributed by atoms with Crippen LogP contribution in [0.2, 0.25) is 0 Å². The number of fused-ring (bicyclic) bond motifs is 1. The minimum Gasteiger partial charge on any atom is -0.496 e. The SMILES string of the molecule is COc1ccccc1-c1cnn2c1NC(=O)C[C@@H]2C(=O)Nc1cccc(OC(F)(F)F)c1. The van der Waals surface area contributed by atoms with E-state index >= 15 is 0 Å². The molecule has 1 atom stereocenters. The molecule has 0 saturated carbocycles. The lowest BCUT2D eigenvalue weighted by atomic mass is 10.1. The van der Waals surface area contributed by atoms with Crippen molar-refractivity contribution in [2.75, 3.05) is 17.7 Å². The Morgan fingerprint density at radius 3 is 2.72 bits per heavy atom. The molecule has 3 aromatic rings. The smallest absolute Gasteiger partial charge is 0.496 e. The van der Waals surface area contributed by atoms with Gasteiger partial charge in [-0.1, -0.05) is 24.3 Å². The lowest BCUT2D eigenvalue weighted by Crippen LogP contribution is -2.35. The Hall–Kier alpha value is -4.02. The van der Waals surface area contributed by atoms with Crippen LogP contribution in [0.25, 0.3) is 11.1 Å². The third-order valence-electron chi connectivity index (χ3n) is 4.76. The number of anilines is 2. The highest BCUT2D eigenvalue weighted by molar-refractivity contribution is 6.03. The molecule has 2 amide bonds. The summed E-state index contributed by atoms with van der Waals surface area (Å²) >= 11 is 0. The van der Waals surface area contributed by atoms with Crippen LogP contribution in [0, 0.1) is 0 Å². The summed E-state index contributed by atoms with van der Waals surface area (Å²) in [6, 6.07) is 11.0. The summed E-state index contributed by atoms with van der Waals surface area (Å²) in [5.74, 6) is -0.607. The number of para-hydroxylation sites is 1. The molecule has 1 aromatic heterocycles. The van der Waals surface area contributed by atoms with Crippen LogP contribution in [0.5, 0.6) is 11.5 Å². The number of carbonyl (C=O) groups excluding carboxylic acids is 2. The number of nitrogens with one attached hydrogen (secondary N) is 2. The maximum Gasteiger partial charge on any atom is 0.573 e. The molecule has 0 bridgehead atoms. The molecule has 166 valence electrons. The van der Waals surface area contributed by atoms with E-state index in [0.29, 0.717) is 22.7 Å². The second-order valence-electron chi connectivity index (χ2n) is 6.88. The Morgan fingerprint density at radius 2 is 1.97 bits per heavy atom. The fourth-order valence-corrected chi connectivity index (χ4v) is 3.43. The average Bonchev–Trinajstić information content (AvgIpc) is 3.15. The highest BCUT2D eigenvalue weighted by atomic mass is 19.4. The van der Waals surface area contributed by atoms with Gasteiger partial charge in [-0.05, 0) is 18.2 Å². The van der Waals surface area contributed by atoms with Crippen LogP contribution in [0.1, 0.15) is 12.5 Å². The van der Waals surface area contributed by atoms with Crippen molar-refractivity contribution in [3.8, 4) is 22.6 Å². The molecule has 0 fully saturated rings. The van der Waals surface area contributed by atoms with Crippen LogP contribution in [0.4, 0.5) is 24.7 Å². The molecule has 0 aliphatic carbocycles. The Kier molecular flexibility index (Phi) is 5.47. The van der Waals surface area contributed by atoms with Crippen molar-refractivity contribution in [2.45, 2.75) is 18.8 Å². The van der Waals surface area contributed by atoms with Gasteiger partial charge in [0.1, 0.15) is 23.4 Å². The minimum absolute atomic E-state index is 0.0846. The predicted molar refractivity (Wildman–Crippen MR) is 108 cm³/mol. The van der Waals surface area contributed by atoms with Crippen molar-refractivity contribution in [1.82, 2.24) is 9.78 Å². The molecule has 1 aliphatic heterocycles. The van der Waals surface area contributed by atoms with Gasteiger partial charge in [0, 0.05) is 22.9 Å². The molecule has 0 spiro atoms. The van der Waals surface area contributed by atoms with E-state index in [0.717, 1.165) is 12.1 Å². The van der Waals surface area contributed by atoms with Gasteiger partial charge in [-0.2, -0.15) is 5.10 Å². The first kappa shape index (κ1) is 21.2. The van der Waals surface area contributed by atoms with Gasteiger partial charge in [-0.3, -0.25) is 9.59 Å². The molecular weight excluding hydrogens is 429 g/mol. The van der Waals surface area contributed by atoms with Gasteiger partial charge < -0.3 is 20.1 Å². The van der Waals surface area contributed by atoms with E-state index in [-0.39, 0.29) is 12.1 Å². The quantitative estimate of drug-likeness (QED) is 0.618. The topological polar surface area (TPSA) is 94.5 Å². The Labute approximate surface area is 179 Å². The first-order valence-electron chi connectivity index (χ1n) is 9.42. The van der Waals surface area contributed by atoms with Crippen LogP contribution in [0.15, 0.2) is 54.7 Å². The van der Waals surface area contributed by atoms with Gasteiger partial charge >= 0.3 is 6.36 Å². The minimum atomic E-state index is -4.86. The third-order valence-corrected chi connectivity index (χ3v) is 4.76. The Balaban J connectivity index is 1.62. The Bertz CT molecular complexity index is 1180. The average molecular weight is 446 g/mol. The van der Waals surface area contributed by atoms with Gasteiger partial charge in [-0.25, -0.2) is 4.68 Å². The van der Waals surface area contributed by atoms with Crippen LogP contribution < -0.4 is 20.1 Å². The number of hydrogen-bond acceptors (Lipinski definition) is 5. The van der Waals surface area contributed by atoms with E-state index in [1.807, 2.05) is 0 Å². The van der Waals surface area contributed by atoms with Gasteiger partial charge in [-0.15, -0.1) is 13.2 Å². The van der Waals surface area contributed by atoms with Crippen molar-refractivity contribution >= 4 is 23.3 Å². The summed E-state index contributed by atoms with van der Waals surface area (Å²) in [6.07, 6.45) is -3.54. The fraction of sp³-hybridized carbons (Fsp3) is 0.190. The van der Waals surface area contributed by atoms with Crippen molar-refractivity contribution in [2.24, 2.45) is 0 Å². The predicted octanol–water partition coefficient (Wildman–Crippen LogP) is 3.98. The van der Waals surface area contributed by atoms with Gasteiger partial charge in [0.15, 0.2) is 0 Å². The molecule has 0 unspecified atom stereocenters. The summed E-state index contributed by atoms with van der Waals surface area (Å²) in [6.45, 7) is 0. The van der Waals surface area contributed by atoms with Crippen molar-refractivity contribution in [1.29, 1.82) is 0 Å². The van der Waals surface area contributed by atoms with Gasteiger partial charge in [0.05, 0.1) is 19.7 Å². The summed E-state index contributed by atoms with van der Waals surface area (Å²) in [7, 11) is 1.51. The zero-order chi connectivity index (χ0) is 22.9. The molecular formula is C21H17F3N4O4. The summed E-state index contributed by atoms with van der Waals surface area (Å²) < 4.78 is 48.0. The summed E-state index contributed by atoms with van der Waals surface area (Å²) in [4.78, 5) is 25.2. The molecule has 4 rings (SSSR count). The van der Waals surface area contributed by atoms with E-state index in [4.69, 9.17) is 4.74 Å². The molecule has 2 aromatic carbocycles. The molecule has 0 radical (unpaired) electrons. The molecule has 1 aliphatic rings. The van der Waals surface area contributed by atoms with Crippen molar-refractivity contribution < 1.29 is 32.2 Å². The number of alkyl halides is 3. The number of benzene rings is 2. The number of nitrogens with zero attached hydrogens (tertiary/aromatic N) is 2. The molecule has 32 heavy (non-hydrogen) atoms. The number of methoxy groups -OCH3 is 1. The first-order chi connectivity index (χ1) is 15.2.